The number of hydrogen-bond donors (Lipinski definition) is 0. The summed E-state index contributed by atoms with van der Waals surface area (Å²) in [7, 11) is 0. The standard InChI is InChI=1S/2C12H13.4CH3.H2Si.Zr/c2*1-8-4-10(3)12-7-9(2)6-11(12)5-8;;;;;;/h2*4-7H,1-3H3;4*1H3;1H2;. The predicted octanol–water partition coefficient (Wildman–Crippen LogP) is 8.04. The molecular weight excluding hydrogens is 456 g/mol. The van der Waals surface area contributed by atoms with Gasteiger partial charge in [-0.2, -0.15) is 0 Å². The third-order valence-electron chi connectivity index (χ3n) is 8.45. The van der Waals surface area contributed by atoms with Crippen molar-refractivity contribution < 1.29 is 14.4 Å². The maximum atomic E-state index is 2.75. The van der Waals surface area contributed by atoms with E-state index in [1.165, 1.54) is 33.4 Å². The molecule has 0 bridgehead atoms. The van der Waals surface area contributed by atoms with Gasteiger partial charge in [0.15, 0.2) is 0 Å². The summed E-state index contributed by atoms with van der Waals surface area (Å²) in [6, 6.07) is 9.69. The Labute approximate surface area is 179 Å². The summed E-state index contributed by atoms with van der Waals surface area (Å²) < 4.78 is 12.0. The van der Waals surface area contributed by atoms with Crippen molar-refractivity contribution in [1.29, 1.82) is 0 Å². The van der Waals surface area contributed by atoms with Crippen LogP contribution >= 0.6 is 0 Å². The average molecular weight is 496 g/mol. The molecule has 0 N–H and O–H groups in total. The van der Waals surface area contributed by atoms with Gasteiger partial charge in [-0.3, -0.25) is 0 Å². The Hall–Kier alpha value is -0.980. The van der Waals surface area contributed by atoms with Crippen LogP contribution in [0.4, 0.5) is 0 Å². The van der Waals surface area contributed by atoms with Crippen molar-refractivity contribution in [3.8, 4) is 0 Å². The van der Waals surface area contributed by atoms with Crippen LogP contribution in [0.5, 0.6) is 0 Å². The van der Waals surface area contributed by atoms with Gasteiger partial charge in [-0.15, -0.1) is 0 Å². The topological polar surface area (TPSA) is 0 Å². The van der Waals surface area contributed by atoms with E-state index in [2.05, 4.69) is 103 Å². The van der Waals surface area contributed by atoms with Crippen molar-refractivity contribution in [2.45, 2.75) is 67.3 Å². The SMILES string of the molecule is CC1=Cc2c(C)cc(C)cc2[CH]1[Zr]([CH3])([CH3])([CH3])([CH3])(=[SiH2])[CH]1C(C)=Cc2c(C)cc(C)cc21. The van der Waals surface area contributed by atoms with Crippen LogP contribution in [0, 0.1) is 27.7 Å². The summed E-state index contributed by atoms with van der Waals surface area (Å²) in [5, 5.41) is 0. The molecule has 160 valence electrons. The first-order valence-corrected chi connectivity index (χ1v) is 30.1. The molecule has 0 aliphatic heterocycles. The number of hydrogen-bond acceptors (Lipinski definition) is 0. The van der Waals surface area contributed by atoms with Crippen molar-refractivity contribution in [3.05, 3.63) is 79.9 Å². The van der Waals surface area contributed by atoms with Crippen LogP contribution < -0.4 is 0 Å². The molecule has 0 heterocycles. The Bertz CT molecular complexity index is 1230. The van der Waals surface area contributed by atoms with E-state index in [0.29, 0.717) is 7.25 Å². The summed E-state index contributed by atoms with van der Waals surface area (Å²) in [4.78, 5) is 0. The molecular formula is C28H40SiZr. The molecule has 0 saturated heterocycles. The summed E-state index contributed by atoms with van der Waals surface area (Å²) in [6.45, 7) is 16.3. The number of benzene rings is 2. The fraction of sp³-hybridized carbons (Fsp3) is 0.429. The van der Waals surface area contributed by atoms with E-state index in [1.54, 1.807) is 22.3 Å². The van der Waals surface area contributed by atoms with Gasteiger partial charge in [0.25, 0.3) is 0 Å². The van der Waals surface area contributed by atoms with Gasteiger partial charge < -0.3 is 0 Å². The first-order chi connectivity index (χ1) is 13.4. The van der Waals surface area contributed by atoms with Gasteiger partial charge in [-0.05, 0) is 0 Å². The van der Waals surface area contributed by atoms with E-state index in [9.17, 15) is 0 Å². The molecule has 0 amide bonds. The number of rotatable bonds is 2. The van der Waals surface area contributed by atoms with Crippen molar-refractivity contribution in [3.63, 3.8) is 0 Å². The average Bonchev–Trinajstić information content (AvgIpc) is 3.04. The molecule has 0 nitrogen and oxygen atoms in total. The maximum absolute atomic E-state index is 4.50. The molecule has 4 rings (SSSR count). The zero-order valence-electron chi connectivity index (χ0n) is 20.8. The number of aryl methyl sites for hydroxylation is 4. The normalized spacial score (nSPS) is 24.1. The molecule has 2 aromatic carbocycles. The fourth-order valence-corrected chi connectivity index (χ4v) is 36.9. The summed E-state index contributed by atoms with van der Waals surface area (Å²) in [5.74, 6) is 0. The minimum atomic E-state index is -4.50. The van der Waals surface area contributed by atoms with Gasteiger partial charge in [0.1, 0.15) is 0 Å². The van der Waals surface area contributed by atoms with Crippen molar-refractivity contribution in [2.75, 3.05) is 0 Å². The molecule has 0 radical (unpaired) electrons. The Morgan fingerprint density at radius 1 is 0.600 bits per heavy atom. The molecule has 0 fully saturated rings. The fourth-order valence-electron chi connectivity index (χ4n) is 8.22. The molecule has 2 aliphatic carbocycles. The minimum absolute atomic E-state index is 0.508. The molecule has 2 aliphatic rings. The predicted molar refractivity (Wildman–Crippen MR) is 137 cm³/mol. The van der Waals surface area contributed by atoms with Crippen molar-refractivity contribution in [1.82, 2.24) is 0 Å². The van der Waals surface area contributed by atoms with Gasteiger partial charge >= 0.3 is 181 Å². The van der Waals surface area contributed by atoms with E-state index < -0.39 is 14.4 Å². The zero-order chi connectivity index (χ0) is 22.5. The summed E-state index contributed by atoms with van der Waals surface area (Å²) in [6.07, 6.45) is 5.01. The Morgan fingerprint density at radius 3 is 1.27 bits per heavy atom. The van der Waals surface area contributed by atoms with Crippen LogP contribution in [0.2, 0.25) is 18.5 Å². The molecule has 0 aromatic heterocycles. The van der Waals surface area contributed by atoms with E-state index in [0.717, 1.165) is 0 Å². The number of fused-ring (bicyclic) bond motifs is 2. The second-order valence-corrected chi connectivity index (χ2v) is 75.4. The van der Waals surface area contributed by atoms with Gasteiger partial charge in [-0.1, -0.05) is 0 Å². The molecule has 2 atom stereocenters. The molecule has 2 heteroatoms. The van der Waals surface area contributed by atoms with Crippen LogP contribution in [-0.4, -0.2) is 6.88 Å². The number of allylic oxidation sites excluding steroid dienone is 2. The van der Waals surface area contributed by atoms with Crippen LogP contribution in [-0.2, 0) is 14.4 Å². The van der Waals surface area contributed by atoms with Gasteiger partial charge in [0.05, 0.1) is 0 Å². The van der Waals surface area contributed by atoms with Crippen LogP contribution in [0.15, 0.2) is 35.4 Å². The van der Waals surface area contributed by atoms with E-state index in [-0.39, 0.29) is 0 Å². The van der Waals surface area contributed by atoms with Gasteiger partial charge in [0, 0.05) is 0 Å². The molecule has 0 spiro atoms. The molecule has 0 saturated carbocycles. The van der Waals surface area contributed by atoms with Crippen LogP contribution in [0.25, 0.3) is 12.2 Å². The van der Waals surface area contributed by atoms with Gasteiger partial charge in [-0.25, -0.2) is 0 Å². The quantitative estimate of drug-likeness (QED) is 0.370. The molecule has 2 unspecified atom stereocenters. The Morgan fingerprint density at radius 2 is 0.933 bits per heavy atom. The Kier molecular flexibility index (Phi) is 3.94. The van der Waals surface area contributed by atoms with E-state index in [4.69, 9.17) is 0 Å². The van der Waals surface area contributed by atoms with E-state index >= 15 is 0 Å². The van der Waals surface area contributed by atoms with Crippen LogP contribution in [0.1, 0.15) is 65.6 Å². The van der Waals surface area contributed by atoms with E-state index in [1.807, 2.05) is 0 Å². The molecule has 30 heavy (non-hydrogen) atoms. The summed E-state index contributed by atoms with van der Waals surface area (Å²) in [5.41, 5.74) is 14.9. The van der Waals surface area contributed by atoms with Crippen molar-refractivity contribution in [2.24, 2.45) is 0 Å². The van der Waals surface area contributed by atoms with Crippen molar-refractivity contribution >= 4 is 19.0 Å². The second kappa shape index (κ2) is 5.32. The molecule has 2 aromatic rings. The third-order valence-corrected chi connectivity index (χ3v) is 32.1. The van der Waals surface area contributed by atoms with Gasteiger partial charge in [0.2, 0.25) is 0 Å². The Balaban J connectivity index is 2.12. The second-order valence-electron chi connectivity index (χ2n) is 15.1. The monoisotopic (exact) mass is 494 g/mol. The third kappa shape index (κ3) is 2.93. The summed E-state index contributed by atoms with van der Waals surface area (Å²) >= 11 is -4.50. The first kappa shape index (κ1) is 22.2. The zero-order valence-corrected chi connectivity index (χ0v) is 24.7. The first-order valence-electron chi connectivity index (χ1n) is 11.5. The van der Waals surface area contributed by atoms with Crippen LogP contribution in [0.3, 0.4) is 0 Å².